The predicted octanol–water partition coefficient (Wildman–Crippen LogP) is 4.35. The first-order valence-electron chi connectivity index (χ1n) is 5.78. The molecule has 0 atom stereocenters. The van der Waals surface area contributed by atoms with Crippen LogP contribution in [0.25, 0.3) is 6.08 Å². The molecule has 0 radical (unpaired) electrons. The highest BCUT2D eigenvalue weighted by Crippen LogP contribution is 2.34. The van der Waals surface area contributed by atoms with Crippen molar-refractivity contribution in [2.75, 3.05) is 5.32 Å². The predicted molar refractivity (Wildman–Crippen MR) is 82.2 cm³/mol. The third kappa shape index (κ3) is 3.76. The van der Waals surface area contributed by atoms with Gasteiger partial charge in [-0.2, -0.15) is 0 Å². The molecule has 20 heavy (non-hydrogen) atoms. The number of phenols is 1. The summed E-state index contributed by atoms with van der Waals surface area (Å²) in [5.41, 5.74) is 1.34. The molecule has 0 aliphatic heterocycles. The van der Waals surface area contributed by atoms with Crippen LogP contribution in [0.1, 0.15) is 5.56 Å². The third-order valence-electron chi connectivity index (χ3n) is 2.51. The topological polar surface area (TPSA) is 49.3 Å². The molecule has 3 nitrogen and oxygen atoms in total. The zero-order chi connectivity index (χ0) is 14.5. The Morgan fingerprint density at radius 3 is 2.30 bits per heavy atom. The van der Waals surface area contributed by atoms with Gasteiger partial charge in [-0.25, -0.2) is 0 Å². The molecule has 0 saturated carbocycles. The van der Waals surface area contributed by atoms with Crippen molar-refractivity contribution < 1.29 is 9.90 Å². The zero-order valence-corrected chi connectivity index (χ0v) is 11.8. The van der Waals surface area contributed by atoms with E-state index < -0.39 is 0 Å². The number of hydrogen-bond acceptors (Lipinski definition) is 2. The average molecular weight is 308 g/mol. The van der Waals surface area contributed by atoms with Crippen molar-refractivity contribution in [3.63, 3.8) is 0 Å². The first-order valence-corrected chi connectivity index (χ1v) is 6.54. The number of hydrogen-bond donors (Lipinski definition) is 2. The summed E-state index contributed by atoms with van der Waals surface area (Å²) in [6.07, 6.45) is 3.10. The molecule has 0 aromatic heterocycles. The van der Waals surface area contributed by atoms with Crippen LogP contribution in [0.4, 0.5) is 5.69 Å². The van der Waals surface area contributed by atoms with Crippen LogP contribution in [0.15, 0.2) is 48.5 Å². The van der Waals surface area contributed by atoms with E-state index >= 15 is 0 Å². The Kier molecular flexibility index (Phi) is 4.66. The summed E-state index contributed by atoms with van der Waals surface area (Å²) in [5, 5.41) is 12.2. The molecule has 2 aromatic carbocycles. The molecule has 0 spiro atoms. The van der Waals surface area contributed by atoms with Gasteiger partial charge in [-0.1, -0.05) is 53.5 Å². The van der Waals surface area contributed by atoms with Gasteiger partial charge >= 0.3 is 0 Å². The monoisotopic (exact) mass is 307 g/mol. The Morgan fingerprint density at radius 1 is 1.10 bits per heavy atom. The van der Waals surface area contributed by atoms with Crippen LogP contribution in [0.3, 0.4) is 0 Å². The van der Waals surface area contributed by atoms with Crippen molar-refractivity contribution >= 4 is 40.9 Å². The Morgan fingerprint density at radius 2 is 1.70 bits per heavy atom. The van der Waals surface area contributed by atoms with Gasteiger partial charge in [-0.15, -0.1) is 0 Å². The van der Waals surface area contributed by atoms with E-state index in [1.807, 2.05) is 30.3 Å². The van der Waals surface area contributed by atoms with E-state index in [0.717, 1.165) is 5.56 Å². The number of rotatable bonds is 3. The van der Waals surface area contributed by atoms with E-state index in [-0.39, 0.29) is 21.7 Å². The summed E-state index contributed by atoms with van der Waals surface area (Å²) in [5.74, 6) is -0.516. The van der Waals surface area contributed by atoms with Crippen molar-refractivity contribution in [1.29, 1.82) is 0 Å². The molecule has 2 aromatic rings. The maximum atomic E-state index is 11.7. The van der Waals surface area contributed by atoms with E-state index in [9.17, 15) is 9.90 Å². The van der Waals surface area contributed by atoms with Crippen LogP contribution < -0.4 is 5.32 Å². The second-order valence-corrected chi connectivity index (χ2v) is 4.84. The number of carbonyl (C=O) groups is 1. The number of carbonyl (C=O) groups excluding carboxylic acids is 1. The number of amides is 1. The number of phenolic OH excluding ortho intramolecular Hbond substituents is 1. The maximum absolute atomic E-state index is 11.7. The lowest BCUT2D eigenvalue weighted by Gasteiger charge is -2.05. The van der Waals surface area contributed by atoms with Crippen molar-refractivity contribution in [3.05, 3.63) is 64.1 Å². The van der Waals surface area contributed by atoms with Crippen molar-refractivity contribution in [3.8, 4) is 5.75 Å². The van der Waals surface area contributed by atoms with Crippen LogP contribution in [0, 0.1) is 0 Å². The standard InChI is InChI=1S/C15H11Cl2NO2/c16-12-8-11(9-13(17)15(12)20)18-14(19)7-6-10-4-2-1-3-5-10/h1-9,20H,(H,18,19)/b7-6-. The number of halogens is 2. The molecule has 0 heterocycles. The minimum absolute atomic E-state index is 0.0832. The maximum Gasteiger partial charge on any atom is 0.248 e. The van der Waals surface area contributed by atoms with Crippen molar-refractivity contribution in [1.82, 2.24) is 0 Å². The van der Waals surface area contributed by atoms with Gasteiger partial charge in [-0.3, -0.25) is 4.79 Å². The minimum Gasteiger partial charge on any atom is -0.505 e. The lowest BCUT2D eigenvalue weighted by atomic mass is 10.2. The van der Waals surface area contributed by atoms with E-state index in [1.54, 1.807) is 6.08 Å². The van der Waals surface area contributed by atoms with Crippen LogP contribution >= 0.6 is 23.2 Å². The third-order valence-corrected chi connectivity index (χ3v) is 3.09. The Balaban J connectivity index is 2.07. The molecular weight excluding hydrogens is 297 g/mol. The molecule has 0 aliphatic carbocycles. The van der Waals surface area contributed by atoms with Crippen molar-refractivity contribution in [2.45, 2.75) is 0 Å². The Labute approximate surface area is 126 Å². The molecule has 1 amide bonds. The fourth-order valence-electron chi connectivity index (χ4n) is 1.56. The van der Waals surface area contributed by atoms with Gasteiger partial charge in [0.1, 0.15) is 0 Å². The van der Waals surface area contributed by atoms with Gasteiger partial charge in [0.05, 0.1) is 10.0 Å². The molecule has 0 bridgehead atoms. The summed E-state index contributed by atoms with van der Waals surface area (Å²) in [6, 6.07) is 12.3. The second kappa shape index (κ2) is 6.46. The van der Waals surface area contributed by atoms with Gasteiger partial charge in [-0.05, 0) is 23.8 Å². The van der Waals surface area contributed by atoms with E-state index in [4.69, 9.17) is 23.2 Å². The second-order valence-electron chi connectivity index (χ2n) is 4.02. The first kappa shape index (κ1) is 14.4. The first-order chi connectivity index (χ1) is 9.56. The highest BCUT2D eigenvalue weighted by molar-refractivity contribution is 6.37. The summed E-state index contributed by atoms with van der Waals surface area (Å²) in [4.78, 5) is 11.7. The minimum atomic E-state index is -0.313. The molecule has 0 fully saturated rings. The molecule has 5 heteroatoms. The van der Waals surface area contributed by atoms with Gasteiger partial charge < -0.3 is 10.4 Å². The fourth-order valence-corrected chi connectivity index (χ4v) is 2.04. The number of anilines is 1. The van der Waals surface area contributed by atoms with Gasteiger partial charge in [0.15, 0.2) is 5.75 Å². The molecule has 2 N–H and O–H groups in total. The SMILES string of the molecule is O=C(/C=C\c1ccccc1)Nc1cc(Cl)c(O)c(Cl)c1. The Hall–Kier alpha value is -1.97. The summed E-state index contributed by atoms with van der Waals surface area (Å²) < 4.78 is 0. The zero-order valence-electron chi connectivity index (χ0n) is 10.3. The number of aromatic hydroxyl groups is 1. The summed E-state index contributed by atoms with van der Waals surface area (Å²) in [7, 11) is 0. The van der Waals surface area contributed by atoms with Crippen LogP contribution in [-0.4, -0.2) is 11.0 Å². The van der Waals surface area contributed by atoms with Crippen LogP contribution in [0.2, 0.25) is 10.0 Å². The molecule has 2 rings (SSSR count). The summed E-state index contributed by atoms with van der Waals surface area (Å²) >= 11 is 11.5. The van der Waals surface area contributed by atoms with Crippen molar-refractivity contribution in [2.24, 2.45) is 0 Å². The van der Waals surface area contributed by atoms with Crippen LogP contribution in [-0.2, 0) is 4.79 Å². The van der Waals surface area contributed by atoms with Gasteiger partial charge in [0.2, 0.25) is 5.91 Å². The van der Waals surface area contributed by atoms with Crippen LogP contribution in [0.5, 0.6) is 5.75 Å². The fraction of sp³-hybridized carbons (Fsp3) is 0. The molecular formula is C15H11Cl2NO2. The lowest BCUT2D eigenvalue weighted by molar-refractivity contribution is -0.111. The normalized spacial score (nSPS) is 10.7. The van der Waals surface area contributed by atoms with Gasteiger partial charge in [0, 0.05) is 11.8 Å². The molecule has 0 aliphatic rings. The van der Waals surface area contributed by atoms with E-state index in [0.29, 0.717) is 5.69 Å². The largest absolute Gasteiger partial charge is 0.505 e. The lowest BCUT2D eigenvalue weighted by Crippen LogP contribution is -2.07. The molecule has 102 valence electrons. The summed E-state index contributed by atoms with van der Waals surface area (Å²) in [6.45, 7) is 0. The Bertz CT molecular complexity index is 631. The van der Waals surface area contributed by atoms with E-state index in [1.165, 1.54) is 18.2 Å². The van der Waals surface area contributed by atoms with E-state index in [2.05, 4.69) is 5.32 Å². The molecule has 0 unspecified atom stereocenters. The highest BCUT2D eigenvalue weighted by atomic mass is 35.5. The van der Waals surface area contributed by atoms with Gasteiger partial charge in [0.25, 0.3) is 0 Å². The average Bonchev–Trinajstić information content (AvgIpc) is 2.43. The number of benzene rings is 2. The molecule has 0 saturated heterocycles. The number of nitrogens with one attached hydrogen (secondary N) is 1. The quantitative estimate of drug-likeness (QED) is 0.654. The highest BCUT2D eigenvalue weighted by Gasteiger charge is 2.07. The smallest absolute Gasteiger partial charge is 0.248 e.